The van der Waals surface area contributed by atoms with Gasteiger partial charge in [0, 0.05) is 19.6 Å². The molecule has 0 saturated carbocycles. The summed E-state index contributed by atoms with van der Waals surface area (Å²) in [7, 11) is 0. The maximum absolute atomic E-state index is 12.2. The third-order valence-electron chi connectivity index (χ3n) is 3.74. The topological polar surface area (TPSA) is 84.9 Å². The Morgan fingerprint density at radius 1 is 1.16 bits per heavy atom. The number of amides is 2. The number of fused-ring (bicyclic) bond motifs is 1. The SMILES string of the molecule is CC(C)OC(=O)COC(=O)CCNC(=O)N1CCc2ccccc2C1. The summed E-state index contributed by atoms with van der Waals surface area (Å²) in [4.78, 5) is 36.7. The van der Waals surface area contributed by atoms with Crippen molar-refractivity contribution in [2.24, 2.45) is 0 Å². The first-order valence-corrected chi connectivity index (χ1v) is 8.40. The molecular weight excluding hydrogens is 324 g/mol. The lowest BCUT2D eigenvalue weighted by Gasteiger charge is -2.28. The zero-order valence-electron chi connectivity index (χ0n) is 14.6. The van der Waals surface area contributed by atoms with Crippen LogP contribution in [0.3, 0.4) is 0 Å². The zero-order chi connectivity index (χ0) is 18.2. The Morgan fingerprint density at radius 2 is 1.88 bits per heavy atom. The Kier molecular flexibility index (Phi) is 6.80. The highest BCUT2D eigenvalue weighted by atomic mass is 16.6. The van der Waals surface area contributed by atoms with Crippen LogP contribution in [-0.4, -0.2) is 48.7 Å². The highest BCUT2D eigenvalue weighted by Gasteiger charge is 2.20. The lowest BCUT2D eigenvalue weighted by atomic mass is 10.0. The number of carbonyl (C=O) groups is 3. The molecule has 7 nitrogen and oxygen atoms in total. The minimum atomic E-state index is -0.584. The van der Waals surface area contributed by atoms with Gasteiger partial charge in [0.15, 0.2) is 6.61 Å². The average Bonchev–Trinajstić information content (AvgIpc) is 2.59. The number of hydrogen-bond donors (Lipinski definition) is 1. The van der Waals surface area contributed by atoms with Crippen molar-refractivity contribution < 1.29 is 23.9 Å². The van der Waals surface area contributed by atoms with Crippen LogP contribution in [0, 0.1) is 0 Å². The largest absolute Gasteiger partial charge is 0.460 e. The molecule has 1 aromatic rings. The molecule has 1 aliphatic heterocycles. The van der Waals surface area contributed by atoms with Crippen LogP contribution in [0.2, 0.25) is 0 Å². The molecule has 0 fully saturated rings. The second-order valence-corrected chi connectivity index (χ2v) is 6.12. The molecule has 1 N–H and O–H groups in total. The summed E-state index contributed by atoms with van der Waals surface area (Å²) in [6, 6.07) is 7.84. The number of urea groups is 1. The monoisotopic (exact) mass is 348 g/mol. The molecule has 7 heteroatoms. The molecule has 0 saturated heterocycles. The summed E-state index contributed by atoms with van der Waals surface area (Å²) in [5.74, 6) is -1.13. The van der Waals surface area contributed by atoms with Gasteiger partial charge in [-0.2, -0.15) is 0 Å². The van der Waals surface area contributed by atoms with E-state index in [-0.39, 0.29) is 25.1 Å². The maximum atomic E-state index is 12.2. The number of nitrogens with zero attached hydrogens (tertiary/aromatic N) is 1. The van der Waals surface area contributed by atoms with Gasteiger partial charge in [-0.05, 0) is 31.4 Å². The van der Waals surface area contributed by atoms with Crippen molar-refractivity contribution in [2.75, 3.05) is 19.7 Å². The Hall–Kier alpha value is -2.57. The number of ether oxygens (including phenoxy) is 2. The summed E-state index contributed by atoms with van der Waals surface area (Å²) < 4.78 is 9.66. The highest BCUT2D eigenvalue weighted by Crippen LogP contribution is 2.18. The van der Waals surface area contributed by atoms with Gasteiger partial charge in [-0.3, -0.25) is 4.79 Å². The van der Waals surface area contributed by atoms with E-state index in [2.05, 4.69) is 11.4 Å². The Labute approximate surface area is 147 Å². The van der Waals surface area contributed by atoms with E-state index in [0.29, 0.717) is 13.1 Å². The van der Waals surface area contributed by atoms with E-state index in [1.807, 2.05) is 18.2 Å². The molecular formula is C18H24N2O5. The van der Waals surface area contributed by atoms with Crippen LogP contribution in [0.15, 0.2) is 24.3 Å². The second kappa shape index (κ2) is 9.05. The van der Waals surface area contributed by atoms with E-state index in [1.165, 1.54) is 5.56 Å². The van der Waals surface area contributed by atoms with Crippen LogP contribution < -0.4 is 5.32 Å². The molecule has 2 rings (SSSR count). The predicted octanol–water partition coefficient (Wildman–Crippen LogP) is 1.64. The fourth-order valence-electron chi connectivity index (χ4n) is 2.56. The van der Waals surface area contributed by atoms with Gasteiger partial charge in [-0.25, -0.2) is 9.59 Å². The first kappa shape index (κ1) is 18.8. The molecule has 1 heterocycles. The Balaban J connectivity index is 1.65. The number of nitrogens with one attached hydrogen (secondary N) is 1. The van der Waals surface area contributed by atoms with Crippen LogP contribution in [0.4, 0.5) is 4.79 Å². The molecule has 0 spiro atoms. The number of carbonyl (C=O) groups excluding carboxylic acids is 3. The number of rotatable bonds is 6. The predicted molar refractivity (Wildman–Crippen MR) is 90.8 cm³/mol. The molecule has 25 heavy (non-hydrogen) atoms. The van der Waals surface area contributed by atoms with E-state index in [0.717, 1.165) is 12.0 Å². The molecule has 1 aliphatic rings. The average molecular weight is 348 g/mol. The summed E-state index contributed by atoms with van der Waals surface area (Å²) >= 11 is 0. The van der Waals surface area contributed by atoms with E-state index < -0.39 is 18.5 Å². The lowest BCUT2D eigenvalue weighted by Crippen LogP contribution is -2.43. The molecule has 0 atom stereocenters. The molecule has 1 aromatic carbocycles. The minimum absolute atomic E-state index is 0.00508. The van der Waals surface area contributed by atoms with Crippen LogP contribution >= 0.6 is 0 Å². The fraction of sp³-hybridized carbons (Fsp3) is 0.500. The van der Waals surface area contributed by atoms with Gasteiger partial charge in [-0.1, -0.05) is 24.3 Å². The summed E-state index contributed by atoms with van der Waals surface area (Å²) in [5, 5.41) is 2.70. The van der Waals surface area contributed by atoms with Crippen molar-refractivity contribution in [2.45, 2.75) is 39.3 Å². The minimum Gasteiger partial charge on any atom is -0.460 e. The highest BCUT2D eigenvalue weighted by molar-refractivity contribution is 5.78. The summed E-state index contributed by atoms with van der Waals surface area (Å²) in [5.41, 5.74) is 2.41. The number of benzene rings is 1. The van der Waals surface area contributed by atoms with Crippen molar-refractivity contribution in [3.8, 4) is 0 Å². The number of esters is 2. The molecule has 0 unspecified atom stereocenters. The summed E-state index contributed by atoms with van der Waals surface area (Å²) in [6.45, 7) is 4.40. The second-order valence-electron chi connectivity index (χ2n) is 6.12. The lowest BCUT2D eigenvalue weighted by molar-refractivity contribution is -0.161. The molecule has 0 aromatic heterocycles. The van der Waals surface area contributed by atoms with Crippen molar-refractivity contribution in [3.05, 3.63) is 35.4 Å². The molecule has 2 amide bonds. The van der Waals surface area contributed by atoms with E-state index in [4.69, 9.17) is 9.47 Å². The van der Waals surface area contributed by atoms with Gasteiger partial charge in [0.05, 0.1) is 12.5 Å². The smallest absolute Gasteiger partial charge is 0.344 e. The van der Waals surface area contributed by atoms with Crippen molar-refractivity contribution in [3.63, 3.8) is 0 Å². The first-order chi connectivity index (χ1) is 12.0. The summed E-state index contributed by atoms with van der Waals surface area (Å²) in [6.07, 6.45) is 0.578. The third-order valence-corrected chi connectivity index (χ3v) is 3.74. The molecule has 0 bridgehead atoms. The fourth-order valence-corrected chi connectivity index (χ4v) is 2.56. The van der Waals surface area contributed by atoms with Gasteiger partial charge in [-0.15, -0.1) is 0 Å². The quantitative estimate of drug-likeness (QED) is 0.790. The van der Waals surface area contributed by atoms with E-state index in [9.17, 15) is 14.4 Å². The van der Waals surface area contributed by atoms with Crippen LogP contribution in [0.1, 0.15) is 31.4 Å². The van der Waals surface area contributed by atoms with Crippen LogP contribution in [0.5, 0.6) is 0 Å². The zero-order valence-corrected chi connectivity index (χ0v) is 14.6. The number of hydrogen-bond acceptors (Lipinski definition) is 5. The Morgan fingerprint density at radius 3 is 2.60 bits per heavy atom. The van der Waals surface area contributed by atoms with Crippen LogP contribution in [0.25, 0.3) is 0 Å². The third kappa shape index (κ3) is 6.10. The molecule has 136 valence electrons. The molecule has 0 aliphatic carbocycles. The van der Waals surface area contributed by atoms with Gasteiger partial charge in [0.2, 0.25) is 0 Å². The van der Waals surface area contributed by atoms with Crippen molar-refractivity contribution in [1.82, 2.24) is 10.2 Å². The molecule has 0 radical (unpaired) electrons. The maximum Gasteiger partial charge on any atom is 0.344 e. The standard InChI is InChI=1S/C18H24N2O5/c1-13(2)25-17(22)12-24-16(21)7-9-19-18(23)20-10-8-14-5-3-4-6-15(14)11-20/h3-6,13H,7-12H2,1-2H3,(H,19,23). The van der Waals surface area contributed by atoms with Crippen LogP contribution in [-0.2, 0) is 32.0 Å². The van der Waals surface area contributed by atoms with Gasteiger partial charge >= 0.3 is 18.0 Å². The Bertz CT molecular complexity index is 630. The van der Waals surface area contributed by atoms with E-state index >= 15 is 0 Å². The first-order valence-electron chi connectivity index (χ1n) is 8.40. The normalized spacial score (nSPS) is 13.2. The van der Waals surface area contributed by atoms with E-state index in [1.54, 1.807) is 18.7 Å². The van der Waals surface area contributed by atoms with Gasteiger partial charge in [0.1, 0.15) is 0 Å². The van der Waals surface area contributed by atoms with Crippen molar-refractivity contribution in [1.29, 1.82) is 0 Å². The van der Waals surface area contributed by atoms with Gasteiger partial charge in [0.25, 0.3) is 0 Å². The van der Waals surface area contributed by atoms with Crippen molar-refractivity contribution >= 4 is 18.0 Å². The van der Waals surface area contributed by atoms with Gasteiger partial charge < -0.3 is 19.7 Å².